The molecule has 1 N–H and O–H groups in total. The van der Waals surface area contributed by atoms with Crippen LogP contribution in [0.25, 0.3) is 0 Å². The molecule has 1 heterocycles. The van der Waals surface area contributed by atoms with Crippen LogP contribution in [0.4, 0.5) is 0 Å². The molecular formula is C14H17NO4. The highest BCUT2D eigenvalue weighted by molar-refractivity contribution is 5.82. The van der Waals surface area contributed by atoms with Crippen LogP contribution in [0.15, 0.2) is 18.2 Å². The minimum Gasteiger partial charge on any atom is -0.479 e. The van der Waals surface area contributed by atoms with Crippen molar-refractivity contribution in [2.24, 2.45) is 0 Å². The number of likely N-dealkylation sites (N-methyl/N-ethyl adjacent to an activating group) is 1. The van der Waals surface area contributed by atoms with Crippen molar-refractivity contribution < 1.29 is 19.4 Å². The predicted octanol–water partition coefficient (Wildman–Crippen LogP) is 1.29. The Bertz CT molecular complexity index is 526. The van der Waals surface area contributed by atoms with Crippen molar-refractivity contribution in [3.63, 3.8) is 0 Å². The van der Waals surface area contributed by atoms with E-state index in [4.69, 9.17) is 4.74 Å². The SMILES string of the molecule is Cc1ccc(C)c(C2C(C(=O)O)OCC(=O)N2C)c1. The Kier molecular flexibility index (Phi) is 3.57. The number of morpholine rings is 1. The largest absolute Gasteiger partial charge is 0.479 e. The fraction of sp³-hybridized carbons (Fsp3) is 0.429. The van der Waals surface area contributed by atoms with Crippen molar-refractivity contribution in [3.8, 4) is 0 Å². The first-order valence-corrected chi connectivity index (χ1v) is 6.09. The van der Waals surface area contributed by atoms with E-state index in [9.17, 15) is 14.7 Å². The summed E-state index contributed by atoms with van der Waals surface area (Å²) < 4.78 is 5.19. The Morgan fingerprint density at radius 3 is 2.74 bits per heavy atom. The number of aliphatic carboxylic acids is 1. The number of carboxylic acid groups (broad SMARTS) is 1. The van der Waals surface area contributed by atoms with E-state index in [-0.39, 0.29) is 12.5 Å². The summed E-state index contributed by atoms with van der Waals surface area (Å²) in [5.41, 5.74) is 2.80. The number of benzene rings is 1. The molecule has 2 unspecified atom stereocenters. The molecule has 102 valence electrons. The van der Waals surface area contributed by atoms with Crippen LogP contribution >= 0.6 is 0 Å². The van der Waals surface area contributed by atoms with Crippen molar-refractivity contribution in [2.75, 3.05) is 13.7 Å². The van der Waals surface area contributed by atoms with Crippen LogP contribution < -0.4 is 0 Å². The molecule has 1 aromatic carbocycles. The van der Waals surface area contributed by atoms with Crippen LogP contribution in [0.2, 0.25) is 0 Å². The lowest BCUT2D eigenvalue weighted by molar-refractivity contribution is -0.171. The summed E-state index contributed by atoms with van der Waals surface area (Å²) in [6, 6.07) is 5.21. The Morgan fingerprint density at radius 2 is 2.11 bits per heavy atom. The van der Waals surface area contributed by atoms with Crippen molar-refractivity contribution in [1.29, 1.82) is 0 Å². The minimum atomic E-state index is -1.05. The summed E-state index contributed by atoms with van der Waals surface area (Å²) in [4.78, 5) is 24.5. The topological polar surface area (TPSA) is 66.8 Å². The molecule has 1 amide bonds. The number of carboxylic acids is 1. The van der Waals surface area contributed by atoms with Gasteiger partial charge < -0.3 is 14.7 Å². The zero-order chi connectivity index (χ0) is 14.2. The highest BCUT2D eigenvalue weighted by Gasteiger charge is 2.40. The summed E-state index contributed by atoms with van der Waals surface area (Å²) in [6.07, 6.45) is -1.02. The highest BCUT2D eigenvalue weighted by atomic mass is 16.5. The molecular weight excluding hydrogens is 246 g/mol. The average molecular weight is 263 g/mol. The maximum atomic E-state index is 11.8. The lowest BCUT2D eigenvalue weighted by Gasteiger charge is -2.37. The van der Waals surface area contributed by atoms with E-state index in [1.807, 2.05) is 32.0 Å². The first-order valence-electron chi connectivity index (χ1n) is 6.09. The number of carbonyl (C=O) groups is 2. The fourth-order valence-corrected chi connectivity index (χ4v) is 2.37. The molecule has 0 radical (unpaired) electrons. The van der Waals surface area contributed by atoms with Crippen molar-refractivity contribution in [3.05, 3.63) is 34.9 Å². The molecule has 1 aliphatic rings. The predicted molar refractivity (Wildman–Crippen MR) is 68.8 cm³/mol. The van der Waals surface area contributed by atoms with Gasteiger partial charge in [0.15, 0.2) is 6.10 Å². The number of nitrogens with zero attached hydrogens (tertiary/aromatic N) is 1. The van der Waals surface area contributed by atoms with Gasteiger partial charge in [-0.1, -0.05) is 23.8 Å². The third-order valence-electron chi connectivity index (χ3n) is 3.48. The molecule has 19 heavy (non-hydrogen) atoms. The lowest BCUT2D eigenvalue weighted by Crippen LogP contribution is -2.50. The van der Waals surface area contributed by atoms with Gasteiger partial charge in [0.2, 0.25) is 5.91 Å². The molecule has 0 saturated carbocycles. The number of amides is 1. The standard InChI is InChI=1S/C14H17NO4/c1-8-4-5-9(2)10(6-8)12-13(14(17)18)19-7-11(16)15(12)3/h4-6,12-13H,7H2,1-3H3,(H,17,18). The molecule has 2 rings (SSSR count). The van der Waals surface area contributed by atoms with Gasteiger partial charge in [0.25, 0.3) is 0 Å². The minimum absolute atomic E-state index is 0.186. The van der Waals surface area contributed by atoms with Crippen LogP contribution in [0, 0.1) is 13.8 Å². The first kappa shape index (κ1) is 13.5. The van der Waals surface area contributed by atoms with Crippen LogP contribution in [0.5, 0.6) is 0 Å². The monoisotopic (exact) mass is 263 g/mol. The smallest absolute Gasteiger partial charge is 0.335 e. The molecule has 1 aliphatic heterocycles. The zero-order valence-electron chi connectivity index (χ0n) is 11.2. The number of rotatable bonds is 2. The summed E-state index contributed by atoms with van der Waals surface area (Å²) in [7, 11) is 1.62. The maximum Gasteiger partial charge on any atom is 0.335 e. The zero-order valence-corrected chi connectivity index (χ0v) is 11.2. The van der Waals surface area contributed by atoms with E-state index in [0.29, 0.717) is 0 Å². The highest BCUT2D eigenvalue weighted by Crippen LogP contribution is 2.31. The summed E-state index contributed by atoms with van der Waals surface area (Å²) >= 11 is 0. The molecule has 5 nitrogen and oxygen atoms in total. The molecule has 2 atom stereocenters. The van der Waals surface area contributed by atoms with Gasteiger partial charge in [0, 0.05) is 7.05 Å². The first-order chi connectivity index (χ1) is 8.91. The lowest BCUT2D eigenvalue weighted by atomic mass is 9.93. The average Bonchev–Trinajstić information content (AvgIpc) is 2.35. The number of carbonyl (C=O) groups excluding carboxylic acids is 1. The van der Waals surface area contributed by atoms with Crippen molar-refractivity contribution in [2.45, 2.75) is 26.0 Å². The third-order valence-corrected chi connectivity index (χ3v) is 3.48. The van der Waals surface area contributed by atoms with Gasteiger partial charge in [-0.3, -0.25) is 4.79 Å². The Hall–Kier alpha value is -1.88. The summed E-state index contributed by atoms with van der Waals surface area (Å²) in [6.45, 7) is 3.65. The second-order valence-corrected chi connectivity index (χ2v) is 4.88. The maximum absolute atomic E-state index is 11.8. The molecule has 0 bridgehead atoms. The van der Waals surface area contributed by atoms with Gasteiger partial charge in [-0.15, -0.1) is 0 Å². The van der Waals surface area contributed by atoms with Gasteiger partial charge >= 0.3 is 5.97 Å². The van der Waals surface area contributed by atoms with E-state index >= 15 is 0 Å². The Morgan fingerprint density at radius 1 is 1.42 bits per heavy atom. The van der Waals surface area contributed by atoms with E-state index in [0.717, 1.165) is 16.7 Å². The normalized spacial score (nSPS) is 23.5. The number of hydrogen-bond donors (Lipinski definition) is 1. The summed E-state index contributed by atoms with van der Waals surface area (Å²) in [5, 5.41) is 9.27. The van der Waals surface area contributed by atoms with Crippen LogP contribution in [0.3, 0.4) is 0 Å². The molecule has 1 fully saturated rings. The van der Waals surface area contributed by atoms with E-state index in [1.165, 1.54) is 4.90 Å². The van der Waals surface area contributed by atoms with E-state index in [1.54, 1.807) is 7.05 Å². The van der Waals surface area contributed by atoms with Crippen LogP contribution in [-0.2, 0) is 14.3 Å². The van der Waals surface area contributed by atoms with Gasteiger partial charge in [-0.2, -0.15) is 0 Å². The van der Waals surface area contributed by atoms with Gasteiger partial charge in [0.05, 0.1) is 6.04 Å². The second kappa shape index (κ2) is 5.01. The molecule has 1 saturated heterocycles. The molecule has 5 heteroatoms. The van der Waals surface area contributed by atoms with Gasteiger partial charge in [-0.05, 0) is 25.0 Å². The quantitative estimate of drug-likeness (QED) is 0.873. The van der Waals surface area contributed by atoms with Crippen LogP contribution in [0.1, 0.15) is 22.7 Å². The van der Waals surface area contributed by atoms with E-state index < -0.39 is 18.1 Å². The Labute approximate surface area is 111 Å². The van der Waals surface area contributed by atoms with Crippen LogP contribution in [-0.4, -0.2) is 41.6 Å². The van der Waals surface area contributed by atoms with Crippen molar-refractivity contribution in [1.82, 2.24) is 4.90 Å². The summed E-state index contributed by atoms with van der Waals surface area (Å²) in [5.74, 6) is -1.26. The van der Waals surface area contributed by atoms with Gasteiger partial charge in [-0.25, -0.2) is 4.79 Å². The molecule has 0 aliphatic carbocycles. The number of hydrogen-bond acceptors (Lipinski definition) is 3. The Balaban J connectivity index is 2.49. The number of aryl methyl sites for hydroxylation is 2. The molecule has 0 spiro atoms. The second-order valence-electron chi connectivity index (χ2n) is 4.88. The third kappa shape index (κ3) is 2.46. The molecule has 1 aromatic rings. The fourth-order valence-electron chi connectivity index (χ4n) is 2.37. The van der Waals surface area contributed by atoms with E-state index in [2.05, 4.69) is 0 Å². The molecule has 0 aromatic heterocycles. The van der Waals surface area contributed by atoms with Gasteiger partial charge in [0.1, 0.15) is 6.61 Å². The number of ether oxygens (including phenoxy) is 1. The van der Waals surface area contributed by atoms with Crippen molar-refractivity contribution >= 4 is 11.9 Å².